The lowest BCUT2D eigenvalue weighted by molar-refractivity contribution is 0.00856. The van der Waals surface area contributed by atoms with E-state index in [-0.39, 0.29) is 17.6 Å². The Morgan fingerprint density at radius 3 is 2.53 bits per heavy atom. The molecule has 0 saturated carbocycles. The van der Waals surface area contributed by atoms with Gasteiger partial charge in [-0.25, -0.2) is 4.98 Å². The number of nitrogens with zero attached hydrogens (tertiary/aromatic N) is 3. The average Bonchev–Trinajstić information content (AvgIpc) is 3.37. The Morgan fingerprint density at radius 2 is 1.82 bits per heavy atom. The van der Waals surface area contributed by atoms with Gasteiger partial charge in [0.05, 0.1) is 17.3 Å². The summed E-state index contributed by atoms with van der Waals surface area (Å²) in [6, 6.07) is 10.9. The number of piperidine rings is 1. The Labute approximate surface area is 202 Å². The molecule has 180 valence electrons. The van der Waals surface area contributed by atoms with Gasteiger partial charge in [0.25, 0.3) is 5.56 Å². The van der Waals surface area contributed by atoms with Crippen molar-refractivity contribution in [2.75, 3.05) is 20.3 Å². The van der Waals surface area contributed by atoms with Crippen LogP contribution in [0.3, 0.4) is 0 Å². The molecule has 1 aromatic carbocycles. The van der Waals surface area contributed by atoms with Crippen LogP contribution in [0.2, 0.25) is 0 Å². The Hall–Kier alpha value is -2.26. The fourth-order valence-electron chi connectivity index (χ4n) is 5.86. The van der Waals surface area contributed by atoms with Crippen LogP contribution in [-0.2, 0) is 4.74 Å². The molecule has 4 atom stereocenters. The molecule has 0 radical (unpaired) electrons. The molecule has 1 N–H and O–H groups in total. The second kappa shape index (κ2) is 9.07. The zero-order valence-corrected chi connectivity index (χ0v) is 20.2. The predicted octanol–water partition coefficient (Wildman–Crippen LogP) is 3.91. The van der Waals surface area contributed by atoms with Crippen LogP contribution in [-0.4, -0.2) is 58.0 Å². The van der Waals surface area contributed by atoms with E-state index in [9.17, 15) is 9.90 Å². The number of benzene rings is 1. The molecule has 0 amide bonds. The van der Waals surface area contributed by atoms with Crippen LogP contribution in [0.25, 0.3) is 15.9 Å². The minimum absolute atomic E-state index is 0.110. The summed E-state index contributed by atoms with van der Waals surface area (Å²) in [6.45, 7) is 1.35. The molecule has 0 spiro atoms. The number of aromatic nitrogens is 2. The largest absolute Gasteiger partial charge is 0.490 e. The number of ether oxygens (including phenoxy) is 2. The quantitative estimate of drug-likeness (QED) is 0.596. The number of rotatable bonds is 5. The second-order valence-electron chi connectivity index (χ2n) is 9.93. The summed E-state index contributed by atoms with van der Waals surface area (Å²) in [5.74, 6) is 1.01. The Morgan fingerprint density at radius 1 is 1.12 bits per heavy atom. The number of hydrogen-bond donors (Lipinski definition) is 1. The van der Waals surface area contributed by atoms with E-state index >= 15 is 0 Å². The molecule has 3 aliphatic rings. The molecule has 7 nitrogen and oxygen atoms in total. The highest BCUT2D eigenvalue weighted by atomic mass is 32.1. The van der Waals surface area contributed by atoms with Crippen molar-refractivity contribution in [1.82, 2.24) is 14.5 Å². The minimum atomic E-state index is -0.581. The lowest BCUT2D eigenvalue weighted by Crippen LogP contribution is -2.43. The van der Waals surface area contributed by atoms with Crippen molar-refractivity contribution in [3.05, 3.63) is 51.9 Å². The van der Waals surface area contributed by atoms with Crippen molar-refractivity contribution in [3.63, 3.8) is 0 Å². The van der Waals surface area contributed by atoms with Crippen LogP contribution in [0.5, 0.6) is 5.75 Å². The minimum Gasteiger partial charge on any atom is -0.490 e. The van der Waals surface area contributed by atoms with Crippen molar-refractivity contribution in [1.29, 1.82) is 0 Å². The first-order valence-electron chi connectivity index (χ1n) is 12.3. The monoisotopic (exact) mass is 481 g/mol. The summed E-state index contributed by atoms with van der Waals surface area (Å²) in [7, 11) is 2.23. The van der Waals surface area contributed by atoms with E-state index in [1.807, 2.05) is 30.3 Å². The topological polar surface area (TPSA) is 76.8 Å². The lowest BCUT2D eigenvalue weighted by Gasteiger charge is -2.36. The van der Waals surface area contributed by atoms with E-state index in [1.54, 1.807) is 10.9 Å². The van der Waals surface area contributed by atoms with Crippen LogP contribution < -0.4 is 10.3 Å². The highest BCUT2D eigenvalue weighted by molar-refractivity contribution is 7.19. The normalized spacial score (nSPS) is 26.7. The molecule has 0 aliphatic carbocycles. The standard InChI is InChI=1S/C26H31N3O4S/c1-28-18-2-3-19(28)13-21(12-18)33-20-6-4-17(5-7-20)29-15-27-22-14-23(34-25(22)26(29)31)24(30)16-8-10-32-11-9-16/h4-7,14-16,18-19,21,24,30H,2-3,8-13H2,1H3/t18-,19+,21-,24?. The first-order chi connectivity index (χ1) is 16.6. The molecule has 5 heterocycles. The fourth-order valence-corrected chi connectivity index (χ4v) is 6.98. The van der Waals surface area contributed by atoms with Gasteiger partial charge in [0.15, 0.2) is 0 Å². The average molecular weight is 482 g/mol. The second-order valence-corrected chi connectivity index (χ2v) is 11.0. The third-order valence-electron chi connectivity index (χ3n) is 7.93. The summed E-state index contributed by atoms with van der Waals surface area (Å²) in [4.78, 5) is 21.1. The molecule has 3 aliphatic heterocycles. The fraction of sp³-hybridized carbons (Fsp3) is 0.538. The summed E-state index contributed by atoms with van der Waals surface area (Å²) in [6.07, 6.45) is 7.62. The van der Waals surface area contributed by atoms with Gasteiger partial charge in [-0.3, -0.25) is 9.36 Å². The van der Waals surface area contributed by atoms with Gasteiger partial charge >= 0.3 is 0 Å². The van der Waals surface area contributed by atoms with E-state index < -0.39 is 6.10 Å². The van der Waals surface area contributed by atoms with Gasteiger partial charge in [0.2, 0.25) is 0 Å². The van der Waals surface area contributed by atoms with Crippen molar-refractivity contribution in [2.24, 2.45) is 5.92 Å². The van der Waals surface area contributed by atoms with Gasteiger partial charge in [0, 0.05) is 30.2 Å². The van der Waals surface area contributed by atoms with Gasteiger partial charge in [-0.1, -0.05) is 0 Å². The molecule has 1 unspecified atom stereocenters. The van der Waals surface area contributed by atoms with Crippen molar-refractivity contribution < 1.29 is 14.6 Å². The van der Waals surface area contributed by atoms with Gasteiger partial charge in [-0.15, -0.1) is 11.3 Å². The molecule has 3 saturated heterocycles. The number of aliphatic hydroxyl groups is 1. The highest BCUT2D eigenvalue weighted by Gasteiger charge is 2.39. The molecule has 2 bridgehead atoms. The van der Waals surface area contributed by atoms with Crippen molar-refractivity contribution in [2.45, 2.75) is 62.8 Å². The highest BCUT2D eigenvalue weighted by Crippen LogP contribution is 2.37. The SMILES string of the molecule is CN1[C@@H]2CC[C@H]1C[C@H](Oc1ccc(-n3cnc4cc(C(O)C5CCOCC5)sc4c3=O)cc1)C2. The molecule has 8 heteroatoms. The first-order valence-corrected chi connectivity index (χ1v) is 13.1. The maximum atomic E-state index is 13.2. The third-order valence-corrected chi connectivity index (χ3v) is 9.12. The van der Waals surface area contributed by atoms with Crippen LogP contribution in [0, 0.1) is 5.92 Å². The molecule has 34 heavy (non-hydrogen) atoms. The predicted molar refractivity (Wildman–Crippen MR) is 132 cm³/mol. The summed E-state index contributed by atoms with van der Waals surface area (Å²) < 4.78 is 13.9. The van der Waals surface area contributed by atoms with Gasteiger partial charge in [-0.2, -0.15) is 0 Å². The Balaban J connectivity index is 1.20. The maximum Gasteiger partial charge on any atom is 0.275 e. The molecule has 2 aromatic heterocycles. The molecule has 6 rings (SSSR count). The number of fused-ring (bicyclic) bond motifs is 3. The van der Waals surface area contributed by atoms with Crippen LogP contribution in [0.15, 0.2) is 41.5 Å². The zero-order chi connectivity index (χ0) is 23.2. The first kappa shape index (κ1) is 22.2. The van der Waals surface area contributed by atoms with Gasteiger partial charge < -0.3 is 19.5 Å². The smallest absolute Gasteiger partial charge is 0.275 e. The van der Waals surface area contributed by atoms with E-state index in [1.165, 1.54) is 24.2 Å². The third kappa shape index (κ3) is 4.06. The number of thiophene rings is 1. The summed E-state index contributed by atoms with van der Waals surface area (Å²) >= 11 is 1.35. The summed E-state index contributed by atoms with van der Waals surface area (Å²) in [5, 5.41) is 10.8. The number of hydrogen-bond acceptors (Lipinski definition) is 7. The van der Waals surface area contributed by atoms with Crippen molar-refractivity contribution in [3.8, 4) is 11.4 Å². The van der Waals surface area contributed by atoms with Gasteiger partial charge in [0.1, 0.15) is 22.9 Å². The molecule has 3 fully saturated rings. The maximum absolute atomic E-state index is 13.2. The molecular weight excluding hydrogens is 450 g/mol. The van der Waals surface area contributed by atoms with Crippen LogP contribution in [0.4, 0.5) is 0 Å². The molecular formula is C26H31N3O4S. The Bertz CT molecular complexity index is 1200. The zero-order valence-electron chi connectivity index (χ0n) is 19.4. The number of aliphatic hydroxyl groups excluding tert-OH is 1. The molecule has 3 aromatic rings. The van der Waals surface area contributed by atoms with Crippen molar-refractivity contribution >= 4 is 21.6 Å². The Kier molecular flexibility index (Phi) is 5.93. The van der Waals surface area contributed by atoms with E-state index in [0.717, 1.165) is 42.0 Å². The lowest BCUT2D eigenvalue weighted by atomic mass is 9.93. The van der Waals surface area contributed by atoms with E-state index in [0.29, 0.717) is 35.5 Å². The van der Waals surface area contributed by atoms with Gasteiger partial charge in [-0.05, 0) is 81.8 Å². The van der Waals surface area contributed by atoms with E-state index in [4.69, 9.17) is 9.47 Å². The van der Waals surface area contributed by atoms with Crippen LogP contribution >= 0.6 is 11.3 Å². The van der Waals surface area contributed by atoms with E-state index in [2.05, 4.69) is 16.9 Å². The summed E-state index contributed by atoms with van der Waals surface area (Å²) in [5.41, 5.74) is 1.29. The van der Waals surface area contributed by atoms with Crippen LogP contribution in [0.1, 0.15) is 49.5 Å².